The van der Waals surface area contributed by atoms with Crippen LogP contribution >= 0.6 is 0 Å². The average molecular weight is 138 g/mol. The highest BCUT2D eigenvalue weighted by Crippen LogP contribution is 2.50. The SMILES string of the molecule is C=CC(=O)C1(CCC)CC1. The Kier molecular flexibility index (Phi) is 1.93. The van der Waals surface area contributed by atoms with Crippen molar-refractivity contribution in [2.24, 2.45) is 5.41 Å². The van der Waals surface area contributed by atoms with Crippen LogP contribution in [-0.4, -0.2) is 5.78 Å². The number of rotatable bonds is 4. The van der Waals surface area contributed by atoms with E-state index in [2.05, 4.69) is 13.5 Å². The second-order valence-electron chi connectivity index (χ2n) is 3.10. The molecule has 0 amide bonds. The highest BCUT2D eigenvalue weighted by molar-refractivity contribution is 5.96. The molecule has 1 heteroatoms. The first kappa shape index (κ1) is 7.52. The first-order valence-electron chi connectivity index (χ1n) is 3.92. The normalized spacial score (nSPS) is 20.1. The van der Waals surface area contributed by atoms with Crippen LogP contribution < -0.4 is 0 Å². The van der Waals surface area contributed by atoms with Gasteiger partial charge in [0.15, 0.2) is 5.78 Å². The van der Waals surface area contributed by atoms with E-state index in [0.717, 1.165) is 25.7 Å². The van der Waals surface area contributed by atoms with Gasteiger partial charge in [-0.25, -0.2) is 0 Å². The molecule has 1 saturated carbocycles. The number of allylic oxidation sites excluding steroid dienone is 1. The maximum absolute atomic E-state index is 11.2. The van der Waals surface area contributed by atoms with Crippen molar-refractivity contribution in [1.82, 2.24) is 0 Å². The molecular weight excluding hydrogens is 124 g/mol. The molecule has 0 N–H and O–H groups in total. The van der Waals surface area contributed by atoms with Crippen molar-refractivity contribution in [3.63, 3.8) is 0 Å². The predicted molar refractivity (Wildman–Crippen MR) is 41.8 cm³/mol. The zero-order valence-electron chi connectivity index (χ0n) is 6.52. The third kappa shape index (κ3) is 1.13. The van der Waals surface area contributed by atoms with Crippen LogP contribution in [0, 0.1) is 5.41 Å². The van der Waals surface area contributed by atoms with E-state index in [0.29, 0.717) is 0 Å². The number of ketones is 1. The Labute approximate surface area is 62.1 Å². The van der Waals surface area contributed by atoms with Gasteiger partial charge in [0.25, 0.3) is 0 Å². The fourth-order valence-electron chi connectivity index (χ4n) is 1.47. The van der Waals surface area contributed by atoms with Gasteiger partial charge < -0.3 is 0 Å². The smallest absolute Gasteiger partial charge is 0.161 e. The van der Waals surface area contributed by atoms with Crippen LogP contribution in [0.15, 0.2) is 12.7 Å². The molecule has 56 valence electrons. The van der Waals surface area contributed by atoms with Crippen LogP contribution in [0.25, 0.3) is 0 Å². The van der Waals surface area contributed by atoms with E-state index < -0.39 is 0 Å². The Morgan fingerprint density at radius 2 is 2.30 bits per heavy atom. The molecule has 1 aliphatic rings. The molecule has 10 heavy (non-hydrogen) atoms. The second kappa shape index (κ2) is 2.57. The van der Waals surface area contributed by atoms with E-state index in [1.54, 1.807) is 0 Å². The number of hydrogen-bond donors (Lipinski definition) is 0. The van der Waals surface area contributed by atoms with Gasteiger partial charge in [-0.15, -0.1) is 0 Å². The minimum atomic E-state index is 0.0521. The summed E-state index contributed by atoms with van der Waals surface area (Å²) in [6.07, 6.45) is 5.82. The average Bonchev–Trinajstić information content (AvgIpc) is 2.69. The van der Waals surface area contributed by atoms with E-state index in [9.17, 15) is 4.79 Å². The lowest BCUT2D eigenvalue weighted by Crippen LogP contribution is -2.11. The van der Waals surface area contributed by atoms with Crippen molar-refractivity contribution < 1.29 is 4.79 Å². The molecule has 0 aromatic carbocycles. The van der Waals surface area contributed by atoms with Crippen molar-refractivity contribution in [3.8, 4) is 0 Å². The first-order valence-corrected chi connectivity index (χ1v) is 3.92. The molecule has 1 nitrogen and oxygen atoms in total. The first-order chi connectivity index (χ1) is 4.75. The van der Waals surface area contributed by atoms with Crippen molar-refractivity contribution >= 4 is 5.78 Å². The molecule has 0 aliphatic heterocycles. The van der Waals surface area contributed by atoms with Crippen LogP contribution in [0.2, 0.25) is 0 Å². The molecule has 1 fully saturated rings. The standard InChI is InChI=1S/C9H14O/c1-3-5-9(6-7-9)8(10)4-2/h4H,2-3,5-7H2,1H3. The largest absolute Gasteiger partial charge is 0.294 e. The summed E-state index contributed by atoms with van der Waals surface area (Å²) in [4.78, 5) is 11.2. The van der Waals surface area contributed by atoms with Gasteiger partial charge in [-0.3, -0.25) is 4.79 Å². The molecule has 0 heterocycles. The summed E-state index contributed by atoms with van der Waals surface area (Å²) < 4.78 is 0. The third-order valence-corrected chi connectivity index (χ3v) is 2.29. The minimum absolute atomic E-state index is 0.0521. The number of carbonyl (C=O) groups excluding carboxylic acids is 1. The van der Waals surface area contributed by atoms with Crippen LogP contribution in [0.5, 0.6) is 0 Å². The fraction of sp³-hybridized carbons (Fsp3) is 0.667. The molecule has 0 atom stereocenters. The summed E-state index contributed by atoms with van der Waals surface area (Å²) in [6.45, 7) is 5.62. The quantitative estimate of drug-likeness (QED) is 0.545. The van der Waals surface area contributed by atoms with Gasteiger partial charge >= 0.3 is 0 Å². The number of hydrogen-bond acceptors (Lipinski definition) is 1. The zero-order chi connectivity index (χ0) is 7.61. The Bertz CT molecular complexity index is 154. The van der Waals surface area contributed by atoms with Gasteiger partial charge in [0, 0.05) is 5.41 Å². The van der Waals surface area contributed by atoms with Crippen molar-refractivity contribution in [1.29, 1.82) is 0 Å². The number of carbonyl (C=O) groups is 1. The van der Waals surface area contributed by atoms with E-state index in [-0.39, 0.29) is 11.2 Å². The van der Waals surface area contributed by atoms with Gasteiger partial charge in [-0.2, -0.15) is 0 Å². The molecule has 0 spiro atoms. The Morgan fingerprint density at radius 1 is 1.70 bits per heavy atom. The lowest BCUT2D eigenvalue weighted by molar-refractivity contribution is -0.119. The zero-order valence-corrected chi connectivity index (χ0v) is 6.52. The van der Waals surface area contributed by atoms with Gasteiger partial charge in [-0.05, 0) is 25.3 Å². The van der Waals surface area contributed by atoms with Crippen molar-refractivity contribution in [2.45, 2.75) is 32.6 Å². The summed E-state index contributed by atoms with van der Waals surface area (Å²) >= 11 is 0. The maximum Gasteiger partial charge on any atom is 0.161 e. The highest BCUT2D eigenvalue weighted by Gasteiger charge is 2.46. The van der Waals surface area contributed by atoms with Crippen LogP contribution in [0.4, 0.5) is 0 Å². The van der Waals surface area contributed by atoms with Gasteiger partial charge in [0.05, 0.1) is 0 Å². The fourth-order valence-corrected chi connectivity index (χ4v) is 1.47. The summed E-state index contributed by atoms with van der Waals surface area (Å²) in [6, 6.07) is 0. The summed E-state index contributed by atoms with van der Waals surface area (Å²) in [5.74, 6) is 0.259. The molecule has 0 aromatic heterocycles. The summed E-state index contributed by atoms with van der Waals surface area (Å²) in [5.41, 5.74) is 0.0521. The molecule has 0 aromatic rings. The Balaban J connectivity index is 2.51. The topological polar surface area (TPSA) is 17.1 Å². The van der Waals surface area contributed by atoms with E-state index in [4.69, 9.17) is 0 Å². The molecule has 1 aliphatic carbocycles. The van der Waals surface area contributed by atoms with E-state index >= 15 is 0 Å². The second-order valence-corrected chi connectivity index (χ2v) is 3.10. The van der Waals surface area contributed by atoms with Crippen molar-refractivity contribution in [3.05, 3.63) is 12.7 Å². The predicted octanol–water partition coefficient (Wildman–Crippen LogP) is 2.32. The minimum Gasteiger partial charge on any atom is -0.294 e. The molecule has 1 rings (SSSR count). The van der Waals surface area contributed by atoms with E-state index in [1.165, 1.54) is 6.08 Å². The lowest BCUT2D eigenvalue weighted by atomic mass is 9.95. The van der Waals surface area contributed by atoms with E-state index in [1.807, 2.05) is 0 Å². The maximum atomic E-state index is 11.2. The molecule has 0 saturated heterocycles. The van der Waals surface area contributed by atoms with Gasteiger partial charge in [-0.1, -0.05) is 19.9 Å². The Morgan fingerprint density at radius 3 is 2.60 bits per heavy atom. The lowest BCUT2D eigenvalue weighted by Gasteiger charge is -2.07. The van der Waals surface area contributed by atoms with Crippen LogP contribution in [-0.2, 0) is 4.79 Å². The van der Waals surface area contributed by atoms with Crippen LogP contribution in [0.3, 0.4) is 0 Å². The third-order valence-electron chi connectivity index (χ3n) is 2.29. The highest BCUT2D eigenvalue weighted by atomic mass is 16.1. The van der Waals surface area contributed by atoms with Crippen LogP contribution in [0.1, 0.15) is 32.6 Å². The monoisotopic (exact) mass is 138 g/mol. The molecule has 0 radical (unpaired) electrons. The summed E-state index contributed by atoms with van der Waals surface area (Å²) in [7, 11) is 0. The van der Waals surface area contributed by atoms with Gasteiger partial charge in [0.1, 0.15) is 0 Å². The molecular formula is C9H14O. The molecule has 0 unspecified atom stereocenters. The molecule has 0 bridgehead atoms. The Hall–Kier alpha value is -0.590. The van der Waals surface area contributed by atoms with Gasteiger partial charge in [0.2, 0.25) is 0 Å². The summed E-state index contributed by atoms with van der Waals surface area (Å²) in [5, 5.41) is 0. The van der Waals surface area contributed by atoms with Crippen molar-refractivity contribution in [2.75, 3.05) is 0 Å².